The molecule has 2 nitrogen and oxygen atoms in total. The van der Waals surface area contributed by atoms with Crippen LogP contribution in [0.1, 0.15) is 38.5 Å². The average Bonchev–Trinajstić information content (AvgIpc) is 1.94. The maximum Gasteiger partial charge on any atom is 0.151 e. The van der Waals surface area contributed by atoms with E-state index in [9.17, 15) is 0 Å². The third-order valence-corrected chi connectivity index (χ3v) is 2.12. The van der Waals surface area contributed by atoms with Gasteiger partial charge >= 0.3 is 0 Å². The maximum atomic E-state index is 9.11. The fraction of sp³-hybridized carbons (Fsp3) is 1.00. The Labute approximate surface area is 85.2 Å². The van der Waals surface area contributed by atoms with Crippen LogP contribution in [-0.4, -0.2) is 21.1 Å². The van der Waals surface area contributed by atoms with Crippen molar-refractivity contribution in [2.24, 2.45) is 0 Å². The summed E-state index contributed by atoms with van der Waals surface area (Å²) < 4.78 is -1.11. The van der Waals surface area contributed by atoms with Gasteiger partial charge in [0.2, 0.25) is 0 Å². The second kappa shape index (κ2) is 7.06. The normalized spacial score (nSPS) is 12.0. The van der Waals surface area contributed by atoms with Crippen molar-refractivity contribution in [1.29, 1.82) is 0 Å². The standard InChI is InChI=1S/C8H18O2S2/c9-7-5-3-1-2-4-6-8(10,11)12/h9-12H,1-7H2. The molecule has 0 rings (SSSR count). The van der Waals surface area contributed by atoms with Crippen molar-refractivity contribution >= 4 is 25.3 Å². The molecular formula is C8H18O2S2. The molecule has 0 aromatic rings. The highest BCUT2D eigenvalue weighted by Gasteiger charge is 2.13. The van der Waals surface area contributed by atoms with E-state index in [1.165, 1.54) is 0 Å². The lowest BCUT2D eigenvalue weighted by molar-refractivity contribution is 0.218. The number of rotatable bonds is 7. The van der Waals surface area contributed by atoms with Crippen molar-refractivity contribution in [3.05, 3.63) is 0 Å². The highest BCUT2D eigenvalue weighted by atomic mass is 32.2. The third kappa shape index (κ3) is 10.6. The topological polar surface area (TPSA) is 40.5 Å². The van der Waals surface area contributed by atoms with Gasteiger partial charge in [-0.2, -0.15) is 0 Å². The van der Waals surface area contributed by atoms with E-state index in [1.54, 1.807) is 0 Å². The molecule has 0 fully saturated rings. The summed E-state index contributed by atoms with van der Waals surface area (Å²) in [4.78, 5) is 0. The first kappa shape index (κ1) is 12.6. The fourth-order valence-corrected chi connectivity index (χ4v) is 1.32. The van der Waals surface area contributed by atoms with Gasteiger partial charge in [0, 0.05) is 6.61 Å². The maximum absolute atomic E-state index is 9.11. The monoisotopic (exact) mass is 210 g/mol. The van der Waals surface area contributed by atoms with Crippen molar-refractivity contribution in [1.82, 2.24) is 0 Å². The number of hydrogen-bond acceptors (Lipinski definition) is 4. The zero-order chi connectivity index (χ0) is 9.45. The molecule has 0 atom stereocenters. The van der Waals surface area contributed by atoms with Crippen LogP contribution in [0.15, 0.2) is 0 Å². The molecule has 0 unspecified atom stereocenters. The van der Waals surface area contributed by atoms with Gasteiger partial charge in [0.1, 0.15) is 0 Å². The predicted molar refractivity (Wildman–Crippen MR) is 57.7 cm³/mol. The van der Waals surface area contributed by atoms with Crippen molar-refractivity contribution in [3.63, 3.8) is 0 Å². The second-order valence-corrected chi connectivity index (χ2v) is 4.85. The van der Waals surface area contributed by atoms with Crippen molar-refractivity contribution < 1.29 is 10.2 Å². The third-order valence-electron chi connectivity index (χ3n) is 1.67. The fourth-order valence-electron chi connectivity index (χ4n) is 1.00. The molecule has 0 aliphatic rings. The Balaban J connectivity index is 3.01. The molecule has 0 aliphatic carbocycles. The smallest absolute Gasteiger partial charge is 0.151 e. The van der Waals surface area contributed by atoms with Crippen LogP contribution in [0.25, 0.3) is 0 Å². The van der Waals surface area contributed by atoms with E-state index in [1.807, 2.05) is 0 Å². The summed E-state index contributed by atoms with van der Waals surface area (Å²) in [5.74, 6) is 0. The summed E-state index contributed by atoms with van der Waals surface area (Å²) in [6.07, 6.45) is 5.68. The summed E-state index contributed by atoms with van der Waals surface area (Å²) in [6.45, 7) is 0.281. The van der Waals surface area contributed by atoms with Crippen LogP contribution in [-0.2, 0) is 0 Å². The molecular weight excluding hydrogens is 192 g/mol. The van der Waals surface area contributed by atoms with Crippen LogP contribution in [0.2, 0.25) is 0 Å². The van der Waals surface area contributed by atoms with E-state index in [0.29, 0.717) is 6.42 Å². The van der Waals surface area contributed by atoms with Gasteiger partial charge in [0.15, 0.2) is 4.27 Å². The molecule has 0 aromatic carbocycles. The number of unbranched alkanes of at least 4 members (excludes halogenated alkanes) is 4. The lowest BCUT2D eigenvalue weighted by Gasteiger charge is -2.13. The molecule has 0 aliphatic heterocycles. The van der Waals surface area contributed by atoms with Crippen molar-refractivity contribution in [2.45, 2.75) is 42.8 Å². The Morgan fingerprint density at radius 2 is 1.42 bits per heavy atom. The quantitative estimate of drug-likeness (QED) is 0.294. The number of aliphatic hydroxyl groups is 2. The van der Waals surface area contributed by atoms with Gasteiger partial charge in [-0.3, -0.25) is 0 Å². The molecule has 2 N–H and O–H groups in total. The van der Waals surface area contributed by atoms with Gasteiger partial charge in [0.05, 0.1) is 0 Å². The highest BCUT2D eigenvalue weighted by molar-refractivity contribution is 8.00. The average molecular weight is 210 g/mol. The first-order valence-electron chi connectivity index (χ1n) is 4.34. The Morgan fingerprint density at radius 3 is 1.92 bits per heavy atom. The Morgan fingerprint density at radius 1 is 0.917 bits per heavy atom. The number of thiol groups is 2. The summed E-state index contributed by atoms with van der Waals surface area (Å²) in [7, 11) is 0. The molecule has 0 saturated carbocycles. The second-order valence-electron chi connectivity index (χ2n) is 3.02. The van der Waals surface area contributed by atoms with Gasteiger partial charge in [-0.05, 0) is 19.3 Å². The molecule has 74 valence electrons. The minimum atomic E-state index is -1.11. The minimum Gasteiger partial charge on any atom is -0.396 e. The van der Waals surface area contributed by atoms with E-state index in [-0.39, 0.29) is 6.61 Å². The van der Waals surface area contributed by atoms with E-state index >= 15 is 0 Å². The van der Waals surface area contributed by atoms with E-state index in [0.717, 1.165) is 32.1 Å². The first-order chi connectivity index (χ1) is 5.56. The van der Waals surface area contributed by atoms with E-state index < -0.39 is 4.27 Å². The molecule has 12 heavy (non-hydrogen) atoms. The van der Waals surface area contributed by atoms with Gasteiger partial charge in [-0.1, -0.05) is 19.3 Å². The SMILES string of the molecule is OCCCCCCCC(O)(S)S. The van der Waals surface area contributed by atoms with E-state index in [2.05, 4.69) is 25.3 Å². The molecule has 0 spiro atoms. The van der Waals surface area contributed by atoms with Crippen LogP contribution < -0.4 is 0 Å². The Hall–Kier alpha value is 0.620. The number of hydrogen-bond donors (Lipinski definition) is 4. The zero-order valence-electron chi connectivity index (χ0n) is 7.24. The number of aliphatic hydroxyl groups excluding tert-OH is 1. The van der Waals surface area contributed by atoms with Crippen LogP contribution in [0.4, 0.5) is 0 Å². The lowest BCUT2D eigenvalue weighted by atomic mass is 10.1. The molecule has 0 saturated heterocycles. The minimum absolute atomic E-state index is 0.281. The first-order valence-corrected chi connectivity index (χ1v) is 5.24. The van der Waals surface area contributed by atoms with Crippen molar-refractivity contribution in [3.8, 4) is 0 Å². The van der Waals surface area contributed by atoms with Gasteiger partial charge in [0.25, 0.3) is 0 Å². The van der Waals surface area contributed by atoms with E-state index in [4.69, 9.17) is 10.2 Å². The van der Waals surface area contributed by atoms with Crippen LogP contribution in [0.3, 0.4) is 0 Å². The molecule has 0 radical (unpaired) electrons. The van der Waals surface area contributed by atoms with Gasteiger partial charge in [-0.15, -0.1) is 25.3 Å². The summed E-state index contributed by atoms with van der Waals surface area (Å²) in [6, 6.07) is 0. The molecule has 0 aromatic heterocycles. The lowest BCUT2D eigenvalue weighted by Crippen LogP contribution is -2.10. The predicted octanol–water partition coefficient (Wildman–Crippen LogP) is 1.83. The van der Waals surface area contributed by atoms with Crippen LogP contribution >= 0.6 is 25.3 Å². The van der Waals surface area contributed by atoms with Crippen molar-refractivity contribution in [2.75, 3.05) is 6.61 Å². The Kier molecular flexibility index (Phi) is 7.43. The zero-order valence-corrected chi connectivity index (χ0v) is 9.03. The summed E-state index contributed by atoms with van der Waals surface area (Å²) in [5, 5.41) is 17.6. The molecule has 0 bridgehead atoms. The van der Waals surface area contributed by atoms with Gasteiger partial charge in [-0.25, -0.2) is 0 Å². The summed E-state index contributed by atoms with van der Waals surface area (Å²) >= 11 is 7.76. The van der Waals surface area contributed by atoms with Crippen LogP contribution in [0.5, 0.6) is 0 Å². The Bertz CT molecular complexity index is 102. The largest absolute Gasteiger partial charge is 0.396 e. The van der Waals surface area contributed by atoms with Gasteiger partial charge < -0.3 is 10.2 Å². The van der Waals surface area contributed by atoms with Crippen LogP contribution in [0, 0.1) is 0 Å². The molecule has 0 amide bonds. The molecule has 0 heterocycles. The molecule has 4 heteroatoms. The summed E-state index contributed by atoms with van der Waals surface area (Å²) in [5.41, 5.74) is 0. The highest BCUT2D eigenvalue weighted by Crippen LogP contribution is 2.22.